The van der Waals surface area contributed by atoms with Gasteiger partial charge in [-0.1, -0.05) is 24.3 Å². The number of hydrogen-bond acceptors (Lipinski definition) is 6. The number of carbonyl (C=O) groups excluding carboxylic acids is 1. The lowest BCUT2D eigenvalue weighted by Crippen LogP contribution is -2.47. The standard InChI is InChI=1S/C20H24N4O3/c1-15-4-2-3-5-16(15)14-21-18-7-6-17(22-23-18)19(25)24-10-8-20(9-11-24)26-12-13-27-20/h2-7H,8-14H2,1H3,(H,21,23). The number of ether oxygens (including phenoxy) is 2. The molecule has 27 heavy (non-hydrogen) atoms. The van der Waals surface area contributed by atoms with Gasteiger partial charge in [-0.2, -0.15) is 0 Å². The van der Waals surface area contributed by atoms with Gasteiger partial charge in [0, 0.05) is 32.5 Å². The molecule has 7 heteroatoms. The van der Waals surface area contributed by atoms with Crippen molar-refractivity contribution >= 4 is 11.7 Å². The Kier molecular flexibility index (Phi) is 5.05. The Morgan fingerprint density at radius 1 is 1.11 bits per heavy atom. The second-order valence-electron chi connectivity index (χ2n) is 6.98. The number of aromatic nitrogens is 2. The number of aryl methyl sites for hydroxylation is 1. The van der Waals surface area contributed by atoms with Crippen LogP contribution in [0.15, 0.2) is 36.4 Å². The van der Waals surface area contributed by atoms with Crippen LogP contribution < -0.4 is 5.32 Å². The number of amides is 1. The zero-order valence-electron chi connectivity index (χ0n) is 15.5. The minimum atomic E-state index is -0.480. The van der Waals surface area contributed by atoms with Crippen LogP contribution in [0.4, 0.5) is 5.82 Å². The second-order valence-corrected chi connectivity index (χ2v) is 6.98. The first-order valence-electron chi connectivity index (χ1n) is 9.35. The molecule has 2 aliphatic heterocycles. The van der Waals surface area contributed by atoms with E-state index in [1.807, 2.05) is 12.1 Å². The highest BCUT2D eigenvalue weighted by Gasteiger charge is 2.41. The van der Waals surface area contributed by atoms with Gasteiger partial charge in [0.05, 0.1) is 13.2 Å². The normalized spacial score (nSPS) is 18.6. The van der Waals surface area contributed by atoms with Gasteiger partial charge in [-0.15, -0.1) is 10.2 Å². The number of benzene rings is 1. The molecule has 1 amide bonds. The highest BCUT2D eigenvalue weighted by atomic mass is 16.7. The average Bonchev–Trinajstić information content (AvgIpc) is 3.16. The van der Waals surface area contributed by atoms with Crippen LogP contribution in [-0.4, -0.2) is 53.1 Å². The van der Waals surface area contributed by atoms with Crippen molar-refractivity contribution in [2.24, 2.45) is 0 Å². The Bertz CT molecular complexity index is 793. The molecular weight excluding hydrogens is 344 g/mol. The van der Waals surface area contributed by atoms with Crippen molar-refractivity contribution in [1.29, 1.82) is 0 Å². The van der Waals surface area contributed by atoms with Crippen LogP contribution in [0.5, 0.6) is 0 Å². The summed E-state index contributed by atoms with van der Waals surface area (Å²) in [6.45, 7) is 5.23. The fourth-order valence-electron chi connectivity index (χ4n) is 3.53. The summed E-state index contributed by atoms with van der Waals surface area (Å²) in [4.78, 5) is 14.5. The van der Waals surface area contributed by atoms with Gasteiger partial charge in [-0.05, 0) is 30.2 Å². The Hall–Kier alpha value is -2.51. The molecule has 1 N–H and O–H groups in total. The second kappa shape index (κ2) is 7.62. The van der Waals surface area contributed by atoms with Crippen LogP contribution in [0, 0.1) is 6.92 Å². The van der Waals surface area contributed by atoms with E-state index in [0.29, 0.717) is 57.2 Å². The largest absolute Gasteiger partial charge is 0.364 e. The summed E-state index contributed by atoms with van der Waals surface area (Å²) in [7, 11) is 0. The summed E-state index contributed by atoms with van der Waals surface area (Å²) in [5, 5.41) is 11.5. The molecule has 0 radical (unpaired) electrons. The van der Waals surface area contributed by atoms with Gasteiger partial charge < -0.3 is 19.7 Å². The third kappa shape index (κ3) is 3.94. The van der Waals surface area contributed by atoms with E-state index in [4.69, 9.17) is 9.47 Å². The summed E-state index contributed by atoms with van der Waals surface area (Å²) in [5.74, 6) is 0.0761. The maximum absolute atomic E-state index is 12.7. The van der Waals surface area contributed by atoms with Crippen molar-refractivity contribution in [3.8, 4) is 0 Å². The van der Waals surface area contributed by atoms with Crippen molar-refractivity contribution in [1.82, 2.24) is 15.1 Å². The monoisotopic (exact) mass is 368 g/mol. The zero-order chi connectivity index (χ0) is 18.7. The van der Waals surface area contributed by atoms with Crippen molar-refractivity contribution < 1.29 is 14.3 Å². The van der Waals surface area contributed by atoms with Gasteiger partial charge in [0.2, 0.25) is 0 Å². The molecule has 1 aromatic carbocycles. The molecule has 142 valence electrons. The lowest BCUT2D eigenvalue weighted by Gasteiger charge is -2.37. The predicted octanol–water partition coefficient (Wildman–Crippen LogP) is 2.38. The van der Waals surface area contributed by atoms with E-state index < -0.39 is 5.79 Å². The zero-order valence-corrected chi connectivity index (χ0v) is 15.5. The van der Waals surface area contributed by atoms with Crippen LogP contribution in [0.3, 0.4) is 0 Å². The molecule has 0 unspecified atom stereocenters. The Morgan fingerprint density at radius 2 is 1.85 bits per heavy atom. The first kappa shape index (κ1) is 17.9. The molecule has 1 aromatic heterocycles. The van der Waals surface area contributed by atoms with Crippen LogP contribution >= 0.6 is 0 Å². The Balaban J connectivity index is 1.33. The Morgan fingerprint density at radius 3 is 2.52 bits per heavy atom. The van der Waals surface area contributed by atoms with Crippen molar-refractivity contribution in [2.75, 3.05) is 31.6 Å². The maximum atomic E-state index is 12.7. The van der Waals surface area contributed by atoms with E-state index >= 15 is 0 Å². The quantitative estimate of drug-likeness (QED) is 0.893. The maximum Gasteiger partial charge on any atom is 0.274 e. The van der Waals surface area contributed by atoms with Gasteiger partial charge in [-0.3, -0.25) is 4.79 Å². The van der Waals surface area contributed by atoms with E-state index in [0.717, 1.165) is 0 Å². The topological polar surface area (TPSA) is 76.6 Å². The summed E-state index contributed by atoms with van der Waals surface area (Å²) in [6.07, 6.45) is 1.39. The molecule has 1 spiro atoms. The summed E-state index contributed by atoms with van der Waals surface area (Å²) < 4.78 is 11.4. The molecule has 2 fully saturated rings. The number of hydrogen-bond donors (Lipinski definition) is 1. The molecule has 0 aliphatic carbocycles. The lowest BCUT2D eigenvalue weighted by atomic mass is 10.0. The molecule has 4 rings (SSSR count). The number of rotatable bonds is 4. The molecule has 2 saturated heterocycles. The fourth-order valence-corrected chi connectivity index (χ4v) is 3.53. The van der Waals surface area contributed by atoms with Crippen LogP contribution in [0.2, 0.25) is 0 Å². The number of carbonyl (C=O) groups is 1. The summed E-state index contributed by atoms with van der Waals surface area (Å²) in [5.41, 5.74) is 2.79. The highest BCUT2D eigenvalue weighted by molar-refractivity contribution is 5.92. The first-order chi connectivity index (χ1) is 13.2. The highest BCUT2D eigenvalue weighted by Crippen LogP contribution is 2.31. The van der Waals surface area contributed by atoms with Crippen LogP contribution in [0.1, 0.15) is 34.5 Å². The smallest absolute Gasteiger partial charge is 0.274 e. The van der Waals surface area contributed by atoms with E-state index in [1.54, 1.807) is 17.0 Å². The minimum Gasteiger partial charge on any atom is -0.364 e. The van der Waals surface area contributed by atoms with Gasteiger partial charge >= 0.3 is 0 Å². The number of piperidine rings is 1. The van der Waals surface area contributed by atoms with Crippen molar-refractivity contribution in [2.45, 2.75) is 32.1 Å². The Labute approximate surface area is 158 Å². The molecule has 2 aromatic rings. The third-order valence-corrected chi connectivity index (χ3v) is 5.23. The lowest BCUT2D eigenvalue weighted by molar-refractivity contribution is -0.181. The van der Waals surface area contributed by atoms with Gasteiger partial charge in [0.25, 0.3) is 5.91 Å². The van der Waals surface area contributed by atoms with Crippen molar-refractivity contribution in [3.05, 3.63) is 53.2 Å². The molecular formula is C20H24N4O3. The van der Waals surface area contributed by atoms with Gasteiger partial charge in [-0.25, -0.2) is 0 Å². The van der Waals surface area contributed by atoms with Gasteiger partial charge in [0.15, 0.2) is 11.5 Å². The molecule has 0 bridgehead atoms. The third-order valence-electron chi connectivity index (χ3n) is 5.23. The van der Waals surface area contributed by atoms with Crippen LogP contribution in [0.25, 0.3) is 0 Å². The molecule has 2 aliphatic rings. The SMILES string of the molecule is Cc1ccccc1CNc1ccc(C(=O)N2CCC3(CC2)OCCO3)nn1. The average molecular weight is 368 g/mol. The summed E-state index contributed by atoms with van der Waals surface area (Å²) >= 11 is 0. The van der Waals surface area contributed by atoms with E-state index in [-0.39, 0.29) is 5.91 Å². The van der Waals surface area contributed by atoms with Crippen LogP contribution in [-0.2, 0) is 16.0 Å². The van der Waals surface area contributed by atoms with E-state index in [1.165, 1.54) is 11.1 Å². The summed E-state index contributed by atoms with van der Waals surface area (Å²) in [6, 6.07) is 11.7. The van der Waals surface area contributed by atoms with E-state index in [2.05, 4.69) is 34.6 Å². The predicted molar refractivity (Wildman–Crippen MR) is 100 cm³/mol. The number of anilines is 1. The molecule has 7 nitrogen and oxygen atoms in total. The van der Waals surface area contributed by atoms with Crippen molar-refractivity contribution in [3.63, 3.8) is 0 Å². The number of nitrogens with zero attached hydrogens (tertiary/aromatic N) is 3. The van der Waals surface area contributed by atoms with E-state index in [9.17, 15) is 4.79 Å². The fraction of sp³-hybridized carbons (Fsp3) is 0.450. The molecule has 3 heterocycles. The molecule has 0 saturated carbocycles. The first-order valence-corrected chi connectivity index (χ1v) is 9.35. The van der Waals surface area contributed by atoms with Gasteiger partial charge in [0.1, 0.15) is 5.82 Å². The molecule has 0 atom stereocenters. The number of likely N-dealkylation sites (tertiary alicyclic amines) is 1. The number of nitrogens with one attached hydrogen (secondary N) is 1. The minimum absolute atomic E-state index is 0.0965.